The fourth-order valence-electron chi connectivity index (χ4n) is 2.70. The van der Waals surface area contributed by atoms with E-state index in [0.717, 1.165) is 6.07 Å². The van der Waals surface area contributed by atoms with Crippen LogP contribution in [0.4, 0.5) is 10.5 Å². The molecule has 1 aliphatic heterocycles. The van der Waals surface area contributed by atoms with Crippen LogP contribution >= 0.6 is 0 Å². The summed E-state index contributed by atoms with van der Waals surface area (Å²) in [6.07, 6.45) is 0.634. The first-order valence-electron chi connectivity index (χ1n) is 7.43. The minimum atomic E-state index is -0.637. The molecule has 1 aromatic carbocycles. The van der Waals surface area contributed by atoms with Crippen LogP contribution in [0.25, 0.3) is 0 Å². The average Bonchev–Trinajstić information content (AvgIpc) is 3.02. The fourth-order valence-corrected chi connectivity index (χ4v) is 2.70. The number of carbonyl (C=O) groups is 2. The van der Waals surface area contributed by atoms with Gasteiger partial charge in [-0.05, 0) is 12.5 Å². The smallest absolute Gasteiger partial charge is 0.319 e. The summed E-state index contributed by atoms with van der Waals surface area (Å²) in [4.78, 5) is 39.1. The van der Waals surface area contributed by atoms with Crippen molar-refractivity contribution in [2.24, 2.45) is 0 Å². The summed E-state index contributed by atoms with van der Waals surface area (Å²) in [5.41, 5.74) is -0.262. The molecule has 3 amide bonds. The SMILES string of the molecule is CN(C)C(=O)N(C)C1CCN(C(=O)c2ccc([N+](=O)[O-])cc2O)C1. The lowest BCUT2D eigenvalue weighted by molar-refractivity contribution is -0.384. The number of benzene rings is 1. The lowest BCUT2D eigenvalue weighted by Gasteiger charge is -2.27. The first-order chi connectivity index (χ1) is 11.2. The minimum absolute atomic E-state index is 0.0165. The molecule has 9 nitrogen and oxygen atoms in total. The third-order valence-electron chi connectivity index (χ3n) is 4.11. The number of amides is 3. The van der Waals surface area contributed by atoms with Gasteiger partial charge in [0.25, 0.3) is 11.6 Å². The van der Waals surface area contributed by atoms with Gasteiger partial charge in [0, 0.05) is 40.3 Å². The van der Waals surface area contributed by atoms with Gasteiger partial charge in [0.05, 0.1) is 22.6 Å². The van der Waals surface area contributed by atoms with Gasteiger partial charge in [0.15, 0.2) is 0 Å². The summed E-state index contributed by atoms with van der Waals surface area (Å²) in [5, 5.41) is 20.6. The molecule has 1 N–H and O–H groups in total. The first-order valence-corrected chi connectivity index (χ1v) is 7.43. The van der Waals surface area contributed by atoms with Gasteiger partial charge < -0.3 is 19.8 Å². The number of phenolic OH excluding ortho intramolecular Hbond substituents is 1. The molecule has 1 fully saturated rings. The van der Waals surface area contributed by atoms with E-state index in [4.69, 9.17) is 0 Å². The third kappa shape index (κ3) is 3.39. The zero-order valence-corrected chi connectivity index (χ0v) is 13.8. The van der Waals surface area contributed by atoms with E-state index < -0.39 is 16.6 Å². The molecule has 130 valence electrons. The molecule has 0 aromatic heterocycles. The van der Waals surface area contributed by atoms with Crippen LogP contribution in [0.2, 0.25) is 0 Å². The Bertz CT molecular complexity index is 676. The Morgan fingerprint density at radius 1 is 1.33 bits per heavy atom. The molecule has 0 aliphatic carbocycles. The van der Waals surface area contributed by atoms with E-state index >= 15 is 0 Å². The van der Waals surface area contributed by atoms with Gasteiger partial charge in [-0.2, -0.15) is 0 Å². The molecule has 0 radical (unpaired) electrons. The van der Waals surface area contributed by atoms with E-state index in [2.05, 4.69) is 0 Å². The van der Waals surface area contributed by atoms with Crippen molar-refractivity contribution in [1.82, 2.24) is 14.7 Å². The van der Waals surface area contributed by atoms with Gasteiger partial charge >= 0.3 is 6.03 Å². The highest BCUT2D eigenvalue weighted by Gasteiger charge is 2.33. The molecule has 0 saturated carbocycles. The van der Waals surface area contributed by atoms with Crippen LogP contribution in [0.5, 0.6) is 5.75 Å². The predicted octanol–water partition coefficient (Wildman–Crippen LogP) is 1.13. The third-order valence-corrected chi connectivity index (χ3v) is 4.11. The van der Waals surface area contributed by atoms with E-state index in [1.54, 1.807) is 26.0 Å². The van der Waals surface area contributed by atoms with Crippen molar-refractivity contribution in [1.29, 1.82) is 0 Å². The van der Waals surface area contributed by atoms with Crippen LogP contribution in [0.3, 0.4) is 0 Å². The van der Waals surface area contributed by atoms with Crippen molar-refractivity contribution in [2.75, 3.05) is 34.2 Å². The van der Waals surface area contributed by atoms with E-state index in [9.17, 15) is 24.8 Å². The fraction of sp³-hybridized carbons (Fsp3) is 0.467. The van der Waals surface area contributed by atoms with Gasteiger partial charge in [0.1, 0.15) is 5.75 Å². The molecular weight excluding hydrogens is 316 g/mol. The van der Waals surface area contributed by atoms with Gasteiger partial charge in [-0.15, -0.1) is 0 Å². The van der Waals surface area contributed by atoms with Crippen LogP contribution in [0.1, 0.15) is 16.8 Å². The maximum absolute atomic E-state index is 12.5. The standard InChI is InChI=1S/C15H20N4O5/c1-16(2)15(22)17(3)11-6-7-18(9-11)14(21)12-5-4-10(19(23)24)8-13(12)20/h4-5,8,11,20H,6-7,9H2,1-3H3. The Balaban J connectivity index is 2.10. The largest absolute Gasteiger partial charge is 0.507 e. The number of non-ortho nitro benzene ring substituents is 1. The molecule has 1 heterocycles. The molecule has 9 heteroatoms. The number of likely N-dealkylation sites (N-methyl/N-ethyl adjacent to an activating group) is 1. The van der Waals surface area contributed by atoms with Crippen LogP contribution in [0, 0.1) is 10.1 Å². The second-order valence-electron chi connectivity index (χ2n) is 5.94. The number of nitrogens with zero attached hydrogens (tertiary/aromatic N) is 4. The van der Waals surface area contributed by atoms with Crippen molar-refractivity contribution in [3.8, 4) is 5.75 Å². The number of nitro benzene ring substituents is 1. The van der Waals surface area contributed by atoms with E-state index in [0.29, 0.717) is 19.5 Å². The predicted molar refractivity (Wildman–Crippen MR) is 85.9 cm³/mol. The lowest BCUT2D eigenvalue weighted by atomic mass is 10.1. The average molecular weight is 336 g/mol. The monoisotopic (exact) mass is 336 g/mol. The van der Waals surface area contributed by atoms with Crippen molar-refractivity contribution in [3.63, 3.8) is 0 Å². The maximum Gasteiger partial charge on any atom is 0.319 e. The van der Waals surface area contributed by atoms with Crippen LogP contribution in [0.15, 0.2) is 18.2 Å². The highest BCUT2D eigenvalue weighted by atomic mass is 16.6. The number of hydrogen-bond donors (Lipinski definition) is 1. The van der Waals surface area contributed by atoms with Crippen molar-refractivity contribution >= 4 is 17.6 Å². The van der Waals surface area contributed by atoms with E-state index in [-0.39, 0.29) is 23.3 Å². The van der Waals surface area contributed by atoms with Gasteiger partial charge in [-0.25, -0.2) is 4.79 Å². The van der Waals surface area contributed by atoms with Crippen LogP contribution in [-0.2, 0) is 0 Å². The second kappa shape index (κ2) is 6.73. The summed E-state index contributed by atoms with van der Waals surface area (Å²) >= 11 is 0. The summed E-state index contributed by atoms with van der Waals surface area (Å²) in [7, 11) is 5.00. The molecular formula is C15H20N4O5. The number of carbonyl (C=O) groups excluding carboxylic acids is 2. The molecule has 1 aromatic rings. The normalized spacial score (nSPS) is 16.8. The lowest BCUT2D eigenvalue weighted by Crippen LogP contribution is -2.44. The number of likely N-dealkylation sites (tertiary alicyclic amines) is 1. The van der Waals surface area contributed by atoms with Crippen LogP contribution in [-0.4, -0.2) is 76.9 Å². The molecule has 1 unspecified atom stereocenters. The summed E-state index contributed by atoms with van der Waals surface area (Å²) < 4.78 is 0. The first kappa shape index (κ1) is 17.5. The Hall–Kier alpha value is -2.84. The number of phenols is 1. The highest BCUT2D eigenvalue weighted by Crippen LogP contribution is 2.26. The number of rotatable bonds is 3. The summed E-state index contributed by atoms with van der Waals surface area (Å²) in [5.74, 6) is -0.828. The molecule has 1 saturated heterocycles. The molecule has 1 aliphatic rings. The Kier molecular flexibility index (Phi) is 4.91. The maximum atomic E-state index is 12.5. The van der Waals surface area contributed by atoms with Crippen molar-refractivity contribution < 1.29 is 19.6 Å². The molecule has 2 rings (SSSR count). The highest BCUT2D eigenvalue weighted by molar-refractivity contribution is 5.97. The second-order valence-corrected chi connectivity index (χ2v) is 5.94. The Morgan fingerprint density at radius 2 is 2.00 bits per heavy atom. The quantitative estimate of drug-likeness (QED) is 0.657. The number of urea groups is 1. The van der Waals surface area contributed by atoms with Gasteiger partial charge in [-0.1, -0.05) is 0 Å². The molecule has 24 heavy (non-hydrogen) atoms. The van der Waals surface area contributed by atoms with Crippen LogP contribution < -0.4 is 0 Å². The summed E-state index contributed by atoms with van der Waals surface area (Å²) in [6.45, 7) is 0.802. The number of nitro groups is 1. The summed E-state index contributed by atoms with van der Waals surface area (Å²) in [6, 6.07) is 3.14. The number of hydrogen-bond acceptors (Lipinski definition) is 5. The van der Waals surface area contributed by atoms with Gasteiger partial charge in [0.2, 0.25) is 0 Å². The minimum Gasteiger partial charge on any atom is -0.507 e. The Morgan fingerprint density at radius 3 is 2.54 bits per heavy atom. The molecule has 1 atom stereocenters. The zero-order chi connectivity index (χ0) is 18.0. The van der Waals surface area contributed by atoms with E-state index in [1.165, 1.54) is 21.9 Å². The van der Waals surface area contributed by atoms with Crippen molar-refractivity contribution in [2.45, 2.75) is 12.5 Å². The Labute approximate surface area is 139 Å². The molecule has 0 bridgehead atoms. The zero-order valence-electron chi connectivity index (χ0n) is 13.8. The number of aromatic hydroxyl groups is 1. The van der Waals surface area contributed by atoms with Gasteiger partial charge in [-0.3, -0.25) is 14.9 Å². The van der Waals surface area contributed by atoms with E-state index in [1.807, 2.05) is 0 Å². The topological polar surface area (TPSA) is 107 Å². The molecule has 0 spiro atoms. The van der Waals surface area contributed by atoms with Crippen molar-refractivity contribution in [3.05, 3.63) is 33.9 Å².